The highest BCUT2D eigenvalue weighted by Gasteiger charge is 2.35. The van der Waals surface area contributed by atoms with E-state index in [0.717, 1.165) is 0 Å². The second-order valence-electron chi connectivity index (χ2n) is 3.24. The summed E-state index contributed by atoms with van der Waals surface area (Å²) in [6.07, 6.45) is -8.95. The van der Waals surface area contributed by atoms with Crippen LogP contribution in [0.4, 0.5) is 22.0 Å². The summed E-state index contributed by atoms with van der Waals surface area (Å²) in [7, 11) is 0. The quantitative estimate of drug-likeness (QED) is 0.681. The number of carboxylic acids is 1. The van der Waals surface area contributed by atoms with E-state index in [0.29, 0.717) is 0 Å². The number of carboxylic acid groups (broad SMARTS) is 1. The second kappa shape index (κ2) is 5.17. The number of aliphatic carboxylic acids is 1. The molecule has 0 spiro atoms. The molecule has 1 aromatic heterocycles. The topological polar surface area (TPSA) is 50.2 Å². The van der Waals surface area contributed by atoms with Crippen molar-refractivity contribution in [1.82, 2.24) is 4.98 Å². The molecule has 0 saturated carbocycles. The van der Waals surface area contributed by atoms with E-state index in [-0.39, 0.29) is 6.07 Å². The molecule has 1 heterocycles. The molecule has 0 fully saturated rings. The van der Waals surface area contributed by atoms with Gasteiger partial charge in [-0.05, 0) is 22.0 Å². The third-order valence-electron chi connectivity index (χ3n) is 1.96. The first-order chi connectivity index (χ1) is 8.12. The molecule has 0 aliphatic rings. The standard InChI is InChI=1S/C9H5BrF5NO2/c10-7-3(2-6(17)18)4(8(11)12)1-5(16-7)9(13,14)15/h1,8H,2H2,(H,17,18). The lowest BCUT2D eigenvalue weighted by Crippen LogP contribution is -2.13. The average molecular weight is 334 g/mol. The van der Waals surface area contributed by atoms with Crippen LogP contribution in [0.3, 0.4) is 0 Å². The normalized spacial score (nSPS) is 11.9. The van der Waals surface area contributed by atoms with Crippen LogP contribution in [0.25, 0.3) is 0 Å². The summed E-state index contributed by atoms with van der Waals surface area (Å²) < 4.78 is 61.8. The zero-order valence-corrected chi connectivity index (χ0v) is 10.0. The van der Waals surface area contributed by atoms with E-state index in [1.54, 1.807) is 0 Å². The van der Waals surface area contributed by atoms with Gasteiger partial charge in [-0.25, -0.2) is 13.8 Å². The Morgan fingerprint density at radius 2 is 2.00 bits per heavy atom. The number of halogens is 6. The van der Waals surface area contributed by atoms with Crippen LogP contribution in [0.2, 0.25) is 0 Å². The summed E-state index contributed by atoms with van der Waals surface area (Å²) in [6, 6.07) is 0.160. The summed E-state index contributed by atoms with van der Waals surface area (Å²) in [6.45, 7) is 0. The summed E-state index contributed by atoms with van der Waals surface area (Å²) in [4.78, 5) is 13.5. The van der Waals surface area contributed by atoms with Crippen LogP contribution < -0.4 is 0 Å². The molecular weight excluding hydrogens is 329 g/mol. The van der Waals surface area contributed by atoms with Gasteiger partial charge < -0.3 is 5.11 Å². The van der Waals surface area contributed by atoms with Gasteiger partial charge in [0.15, 0.2) is 0 Å². The van der Waals surface area contributed by atoms with E-state index in [4.69, 9.17) is 5.11 Å². The molecule has 9 heteroatoms. The van der Waals surface area contributed by atoms with Gasteiger partial charge in [0.25, 0.3) is 6.43 Å². The monoisotopic (exact) mass is 333 g/mol. The molecule has 0 atom stereocenters. The van der Waals surface area contributed by atoms with Crippen molar-refractivity contribution in [2.24, 2.45) is 0 Å². The van der Waals surface area contributed by atoms with Crippen molar-refractivity contribution in [3.8, 4) is 0 Å². The highest BCUT2D eigenvalue weighted by molar-refractivity contribution is 9.10. The molecule has 0 unspecified atom stereocenters. The van der Waals surface area contributed by atoms with Crippen LogP contribution >= 0.6 is 15.9 Å². The first-order valence-corrected chi connectivity index (χ1v) is 5.18. The SMILES string of the molecule is O=C(O)Cc1c(C(F)F)cc(C(F)(F)F)nc1Br. The van der Waals surface area contributed by atoms with Crippen LogP contribution in [-0.4, -0.2) is 16.1 Å². The Kier molecular flexibility index (Phi) is 4.25. The van der Waals surface area contributed by atoms with E-state index >= 15 is 0 Å². The van der Waals surface area contributed by atoms with Gasteiger partial charge in [-0.2, -0.15) is 13.2 Å². The molecule has 3 nitrogen and oxygen atoms in total. The number of carbonyl (C=O) groups is 1. The van der Waals surface area contributed by atoms with Gasteiger partial charge in [0.2, 0.25) is 0 Å². The minimum absolute atomic E-state index is 0.160. The molecule has 0 aliphatic carbocycles. The first kappa shape index (κ1) is 14.8. The molecule has 0 aromatic carbocycles. The van der Waals surface area contributed by atoms with Gasteiger partial charge in [-0.1, -0.05) is 0 Å². The zero-order valence-electron chi connectivity index (χ0n) is 8.43. The van der Waals surface area contributed by atoms with Crippen LogP contribution in [0.15, 0.2) is 10.7 Å². The van der Waals surface area contributed by atoms with Gasteiger partial charge in [0.1, 0.15) is 10.3 Å². The molecule has 1 aromatic rings. The van der Waals surface area contributed by atoms with Crippen LogP contribution in [-0.2, 0) is 17.4 Å². The third-order valence-corrected chi connectivity index (χ3v) is 2.62. The Morgan fingerprint density at radius 3 is 2.39 bits per heavy atom. The number of hydrogen-bond donors (Lipinski definition) is 1. The molecule has 100 valence electrons. The largest absolute Gasteiger partial charge is 0.481 e. The van der Waals surface area contributed by atoms with Crippen molar-refractivity contribution in [3.05, 3.63) is 27.5 Å². The fourth-order valence-electron chi connectivity index (χ4n) is 1.23. The molecule has 0 radical (unpaired) electrons. The van der Waals surface area contributed by atoms with Crippen LogP contribution in [0.5, 0.6) is 0 Å². The molecular formula is C9H5BrF5NO2. The predicted molar refractivity (Wildman–Crippen MR) is 53.2 cm³/mol. The van der Waals surface area contributed by atoms with Gasteiger partial charge in [-0.3, -0.25) is 4.79 Å². The highest BCUT2D eigenvalue weighted by Crippen LogP contribution is 2.35. The lowest BCUT2D eigenvalue weighted by atomic mass is 10.1. The maximum atomic E-state index is 12.6. The molecule has 0 saturated heterocycles. The van der Waals surface area contributed by atoms with E-state index in [9.17, 15) is 26.7 Å². The average Bonchev–Trinajstić information content (AvgIpc) is 2.17. The van der Waals surface area contributed by atoms with Gasteiger partial charge >= 0.3 is 12.1 Å². The van der Waals surface area contributed by atoms with Crippen molar-refractivity contribution in [2.75, 3.05) is 0 Å². The van der Waals surface area contributed by atoms with Gasteiger partial charge in [-0.15, -0.1) is 0 Å². The van der Waals surface area contributed by atoms with Crippen LogP contribution in [0.1, 0.15) is 23.2 Å². The van der Waals surface area contributed by atoms with E-state index < -0.39 is 46.4 Å². The second-order valence-corrected chi connectivity index (χ2v) is 3.99. The number of hydrogen-bond acceptors (Lipinski definition) is 2. The van der Waals surface area contributed by atoms with E-state index in [2.05, 4.69) is 20.9 Å². The Bertz CT molecular complexity index is 475. The molecule has 18 heavy (non-hydrogen) atoms. The van der Waals surface area contributed by atoms with Crippen LogP contribution in [0, 0.1) is 0 Å². The molecule has 0 bridgehead atoms. The first-order valence-electron chi connectivity index (χ1n) is 4.39. The number of alkyl halides is 5. The summed E-state index contributed by atoms with van der Waals surface area (Å²) in [5.41, 5.74) is -2.96. The molecule has 1 rings (SSSR count). The smallest absolute Gasteiger partial charge is 0.433 e. The van der Waals surface area contributed by atoms with Crippen molar-refractivity contribution in [1.29, 1.82) is 0 Å². The van der Waals surface area contributed by atoms with Gasteiger partial charge in [0.05, 0.1) is 6.42 Å². The maximum Gasteiger partial charge on any atom is 0.433 e. The lowest BCUT2D eigenvalue weighted by Gasteiger charge is -2.13. The molecule has 0 aliphatic heterocycles. The van der Waals surface area contributed by atoms with E-state index in [1.165, 1.54) is 0 Å². The summed E-state index contributed by atoms with van der Waals surface area (Å²) >= 11 is 2.58. The van der Waals surface area contributed by atoms with Gasteiger partial charge in [0, 0.05) is 11.1 Å². The Hall–Kier alpha value is -1.25. The molecule has 1 N–H and O–H groups in total. The molecule has 0 amide bonds. The number of aromatic nitrogens is 1. The predicted octanol–water partition coefficient (Wildman–Crippen LogP) is 3.43. The fourth-order valence-corrected chi connectivity index (χ4v) is 1.79. The number of rotatable bonds is 3. The maximum absolute atomic E-state index is 12.6. The summed E-state index contributed by atoms with van der Waals surface area (Å²) in [5, 5.41) is 8.51. The fraction of sp³-hybridized carbons (Fsp3) is 0.333. The number of nitrogens with zero attached hydrogens (tertiary/aromatic N) is 1. The Morgan fingerprint density at radius 1 is 1.44 bits per heavy atom. The zero-order chi connectivity index (χ0) is 14.1. The Balaban J connectivity index is 3.40. The summed E-state index contributed by atoms with van der Waals surface area (Å²) in [5.74, 6) is -1.45. The van der Waals surface area contributed by atoms with E-state index in [1.807, 2.05) is 0 Å². The highest BCUT2D eigenvalue weighted by atomic mass is 79.9. The van der Waals surface area contributed by atoms with Crippen molar-refractivity contribution in [3.63, 3.8) is 0 Å². The van der Waals surface area contributed by atoms with Crippen molar-refractivity contribution < 1.29 is 31.9 Å². The van der Waals surface area contributed by atoms with Crippen molar-refractivity contribution in [2.45, 2.75) is 19.0 Å². The minimum Gasteiger partial charge on any atom is -0.481 e. The number of pyridine rings is 1. The minimum atomic E-state index is -4.88. The Labute approximate surface area is 106 Å². The third kappa shape index (κ3) is 3.37. The lowest BCUT2D eigenvalue weighted by molar-refractivity contribution is -0.141. The van der Waals surface area contributed by atoms with Crippen molar-refractivity contribution >= 4 is 21.9 Å².